The Morgan fingerprint density at radius 3 is 2.67 bits per heavy atom. The second-order valence-corrected chi connectivity index (χ2v) is 5.04. The zero-order valence-electron chi connectivity index (χ0n) is 12.5. The van der Waals surface area contributed by atoms with E-state index in [2.05, 4.69) is 4.98 Å². The highest BCUT2D eigenvalue weighted by Gasteiger charge is 2.23. The van der Waals surface area contributed by atoms with Crippen LogP contribution in [0.25, 0.3) is 22.2 Å². The number of hydrogen-bond donors (Lipinski definition) is 2. The van der Waals surface area contributed by atoms with Crippen LogP contribution in [0, 0.1) is 11.6 Å². The predicted molar refractivity (Wildman–Crippen MR) is 85.0 cm³/mol. The van der Waals surface area contributed by atoms with Gasteiger partial charge in [-0.3, -0.25) is 0 Å². The van der Waals surface area contributed by atoms with E-state index in [1.54, 1.807) is 12.1 Å². The quantitative estimate of drug-likeness (QED) is 0.768. The largest absolute Gasteiger partial charge is 0.497 e. The maximum atomic E-state index is 14.1. The van der Waals surface area contributed by atoms with E-state index < -0.39 is 17.6 Å². The van der Waals surface area contributed by atoms with E-state index in [0.717, 1.165) is 6.07 Å². The van der Waals surface area contributed by atoms with Gasteiger partial charge in [0.05, 0.1) is 24.0 Å². The summed E-state index contributed by atoms with van der Waals surface area (Å²) >= 11 is 0. The molecule has 3 N–H and O–H groups in total. The van der Waals surface area contributed by atoms with Gasteiger partial charge in [0, 0.05) is 17.0 Å². The number of benzene rings is 2. The average Bonchev–Trinajstić information content (AvgIpc) is 2.56. The lowest BCUT2D eigenvalue weighted by Crippen LogP contribution is -2.09. The average molecular weight is 330 g/mol. The number of carboxylic acids is 1. The van der Waals surface area contributed by atoms with Crippen LogP contribution in [0.15, 0.2) is 36.4 Å². The molecule has 0 unspecified atom stereocenters. The molecular formula is C17H12F2N2O3. The number of hydrogen-bond acceptors (Lipinski definition) is 4. The molecule has 1 aromatic heterocycles. The van der Waals surface area contributed by atoms with Gasteiger partial charge in [-0.05, 0) is 24.3 Å². The van der Waals surface area contributed by atoms with Gasteiger partial charge in [-0.2, -0.15) is 0 Å². The minimum Gasteiger partial charge on any atom is -0.497 e. The summed E-state index contributed by atoms with van der Waals surface area (Å²) in [6, 6.07) is 8.17. The van der Waals surface area contributed by atoms with Gasteiger partial charge < -0.3 is 15.6 Å². The lowest BCUT2D eigenvalue weighted by Gasteiger charge is -2.13. The summed E-state index contributed by atoms with van der Waals surface area (Å²) in [7, 11) is 1.46. The maximum Gasteiger partial charge on any atom is 0.340 e. The van der Waals surface area contributed by atoms with Crippen molar-refractivity contribution in [1.82, 2.24) is 4.98 Å². The Morgan fingerprint density at radius 2 is 2.00 bits per heavy atom. The van der Waals surface area contributed by atoms with Crippen LogP contribution in [0.1, 0.15) is 10.4 Å². The van der Waals surface area contributed by atoms with Gasteiger partial charge in [-0.25, -0.2) is 18.6 Å². The fourth-order valence-electron chi connectivity index (χ4n) is 2.50. The van der Waals surface area contributed by atoms with E-state index in [0.29, 0.717) is 16.7 Å². The van der Waals surface area contributed by atoms with Crippen LogP contribution in [0.4, 0.5) is 14.5 Å². The lowest BCUT2D eigenvalue weighted by atomic mass is 10.0. The van der Waals surface area contributed by atoms with Gasteiger partial charge in [-0.15, -0.1) is 0 Å². The van der Waals surface area contributed by atoms with E-state index in [-0.39, 0.29) is 22.5 Å². The van der Waals surface area contributed by atoms with Gasteiger partial charge in [0.25, 0.3) is 0 Å². The topological polar surface area (TPSA) is 85.4 Å². The standard InChI is InChI=1S/C17H12F2N2O3/c1-24-8-5-6-9-12(7-8)21-16(13(15(9)20)17(22)23)10-3-2-4-11(18)14(10)19/h2-7H,1H3,(H2,20,21)(H,22,23). The summed E-state index contributed by atoms with van der Waals surface area (Å²) in [5.41, 5.74) is 5.31. The van der Waals surface area contributed by atoms with Gasteiger partial charge in [-0.1, -0.05) is 6.07 Å². The van der Waals surface area contributed by atoms with Crippen LogP contribution in [0.2, 0.25) is 0 Å². The van der Waals surface area contributed by atoms with Crippen molar-refractivity contribution in [3.63, 3.8) is 0 Å². The number of anilines is 1. The molecule has 0 spiro atoms. The zero-order chi connectivity index (χ0) is 17.4. The highest BCUT2D eigenvalue weighted by atomic mass is 19.2. The Balaban J connectivity index is 2.43. The van der Waals surface area contributed by atoms with E-state index in [1.165, 1.54) is 25.3 Å². The summed E-state index contributed by atoms with van der Waals surface area (Å²) in [5.74, 6) is -3.19. The van der Waals surface area contributed by atoms with Crippen LogP contribution in [0.3, 0.4) is 0 Å². The van der Waals surface area contributed by atoms with E-state index in [9.17, 15) is 18.7 Å². The number of nitrogens with zero attached hydrogens (tertiary/aromatic N) is 1. The van der Waals surface area contributed by atoms with Gasteiger partial charge in [0.15, 0.2) is 11.6 Å². The molecule has 2 aromatic carbocycles. The molecule has 122 valence electrons. The maximum absolute atomic E-state index is 14.1. The first-order valence-corrected chi connectivity index (χ1v) is 6.89. The van der Waals surface area contributed by atoms with Crippen LogP contribution in [-0.4, -0.2) is 23.2 Å². The van der Waals surface area contributed by atoms with Crippen LogP contribution >= 0.6 is 0 Å². The summed E-state index contributed by atoms with van der Waals surface area (Å²) in [4.78, 5) is 15.8. The third-order valence-electron chi connectivity index (χ3n) is 3.65. The number of fused-ring (bicyclic) bond motifs is 1. The monoisotopic (exact) mass is 330 g/mol. The number of ether oxygens (including phenoxy) is 1. The second-order valence-electron chi connectivity index (χ2n) is 5.04. The van der Waals surface area contributed by atoms with Gasteiger partial charge in [0.2, 0.25) is 0 Å². The normalized spacial score (nSPS) is 10.8. The molecule has 0 aliphatic heterocycles. The Kier molecular flexibility index (Phi) is 3.76. The molecule has 1 heterocycles. The van der Waals surface area contributed by atoms with Crippen molar-refractivity contribution >= 4 is 22.6 Å². The molecular weight excluding hydrogens is 318 g/mol. The van der Waals surface area contributed by atoms with E-state index in [4.69, 9.17) is 10.5 Å². The highest BCUT2D eigenvalue weighted by Crippen LogP contribution is 2.35. The Morgan fingerprint density at radius 1 is 1.25 bits per heavy atom. The minimum absolute atomic E-state index is 0.0752. The Bertz CT molecular complexity index is 974. The summed E-state index contributed by atoms with van der Waals surface area (Å²) in [5, 5.41) is 9.85. The summed E-state index contributed by atoms with van der Waals surface area (Å²) < 4.78 is 32.8. The number of pyridine rings is 1. The van der Waals surface area contributed by atoms with Crippen LogP contribution in [0.5, 0.6) is 5.75 Å². The lowest BCUT2D eigenvalue weighted by molar-refractivity contribution is 0.0698. The van der Waals surface area contributed by atoms with Crippen LogP contribution in [-0.2, 0) is 0 Å². The number of nitrogens with two attached hydrogens (primary N) is 1. The molecule has 5 nitrogen and oxygen atoms in total. The van der Waals surface area contributed by atoms with Crippen LogP contribution < -0.4 is 10.5 Å². The van der Waals surface area contributed by atoms with Crippen molar-refractivity contribution in [2.45, 2.75) is 0 Å². The molecule has 0 fully saturated rings. The first kappa shape index (κ1) is 15.7. The molecule has 0 aliphatic carbocycles. The fraction of sp³-hybridized carbons (Fsp3) is 0.0588. The number of aromatic nitrogens is 1. The molecule has 3 rings (SSSR count). The van der Waals surface area contributed by atoms with Crippen molar-refractivity contribution in [3.05, 3.63) is 53.6 Å². The first-order valence-electron chi connectivity index (χ1n) is 6.89. The highest BCUT2D eigenvalue weighted by molar-refractivity contribution is 6.08. The Hall–Kier alpha value is -3.22. The molecule has 0 saturated carbocycles. The molecule has 0 radical (unpaired) electrons. The number of carbonyl (C=O) groups is 1. The van der Waals surface area contributed by atoms with Gasteiger partial charge in [0.1, 0.15) is 11.3 Å². The van der Waals surface area contributed by atoms with Crippen molar-refractivity contribution < 1.29 is 23.4 Å². The van der Waals surface area contributed by atoms with E-state index >= 15 is 0 Å². The molecule has 0 bridgehead atoms. The van der Waals surface area contributed by atoms with E-state index in [1.807, 2.05) is 0 Å². The fourth-order valence-corrected chi connectivity index (χ4v) is 2.50. The first-order chi connectivity index (χ1) is 11.4. The third kappa shape index (κ3) is 2.40. The number of nitrogen functional groups attached to an aromatic ring is 1. The smallest absolute Gasteiger partial charge is 0.340 e. The second kappa shape index (κ2) is 5.77. The third-order valence-corrected chi connectivity index (χ3v) is 3.65. The van der Waals surface area contributed by atoms with Crippen molar-refractivity contribution in [1.29, 1.82) is 0 Å². The SMILES string of the molecule is COc1ccc2c(N)c(C(=O)O)c(-c3cccc(F)c3F)nc2c1. The van der Waals surface area contributed by atoms with Gasteiger partial charge >= 0.3 is 5.97 Å². The summed E-state index contributed by atoms with van der Waals surface area (Å²) in [6.45, 7) is 0. The number of carboxylic acid groups (broad SMARTS) is 1. The molecule has 24 heavy (non-hydrogen) atoms. The number of halogens is 2. The van der Waals surface area contributed by atoms with Crippen molar-refractivity contribution in [2.24, 2.45) is 0 Å². The molecule has 0 amide bonds. The number of methoxy groups -OCH3 is 1. The molecule has 7 heteroatoms. The predicted octanol–water partition coefficient (Wildman–Crippen LogP) is 3.47. The van der Waals surface area contributed by atoms with Crippen molar-refractivity contribution in [3.8, 4) is 17.0 Å². The number of aromatic carboxylic acids is 1. The number of rotatable bonds is 3. The molecule has 3 aromatic rings. The molecule has 0 aliphatic rings. The minimum atomic E-state index is -1.38. The zero-order valence-corrected chi connectivity index (χ0v) is 12.5. The summed E-state index contributed by atoms with van der Waals surface area (Å²) in [6.07, 6.45) is 0. The molecule has 0 atom stereocenters. The molecule has 0 saturated heterocycles. The Labute approximate surface area is 135 Å². The van der Waals surface area contributed by atoms with Crippen molar-refractivity contribution in [2.75, 3.05) is 12.8 Å².